The summed E-state index contributed by atoms with van der Waals surface area (Å²) in [4.78, 5) is 16.7. The number of nitrogens with zero attached hydrogens (tertiary/aromatic N) is 2. The van der Waals surface area contributed by atoms with Crippen molar-refractivity contribution < 1.29 is 9.90 Å². The fourth-order valence-corrected chi connectivity index (χ4v) is 3.28. The van der Waals surface area contributed by atoms with E-state index in [2.05, 4.69) is 43.1 Å². The number of rotatable bonds is 7. The zero-order valence-corrected chi connectivity index (χ0v) is 14.5. The molecule has 0 spiro atoms. The van der Waals surface area contributed by atoms with Crippen molar-refractivity contribution in [2.45, 2.75) is 51.6 Å². The van der Waals surface area contributed by atoms with Gasteiger partial charge in [0.05, 0.1) is 6.61 Å². The molecule has 0 bridgehead atoms. The third kappa shape index (κ3) is 5.63. The van der Waals surface area contributed by atoms with E-state index in [1.54, 1.807) is 4.90 Å². The van der Waals surface area contributed by atoms with Crippen LogP contribution in [0.4, 0.5) is 0 Å². The van der Waals surface area contributed by atoms with E-state index in [-0.39, 0.29) is 12.5 Å². The van der Waals surface area contributed by atoms with Gasteiger partial charge >= 0.3 is 0 Å². The van der Waals surface area contributed by atoms with Crippen molar-refractivity contribution >= 4 is 5.91 Å². The molecular weight excluding hydrogens is 288 g/mol. The summed E-state index contributed by atoms with van der Waals surface area (Å²) in [6.07, 6.45) is 5.23. The summed E-state index contributed by atoms with van der Waals surface area (Å²) in [5.74, 6) is 0.151. The number of amides is 1. The molecule has 1 aliphatic rings. The maximum atomic E-state index is 12.6. The summed E-state index contributed by atoms with van der Waals surface area (Å²) in [6, 6.07) is 8.77. The predicted octanol–water partition coefficient (Wildman–Crippen LogP) is 2.58. The summed E-state index contributed by atoms with van der Waals surface area (Å²) in [5.41, 5.74) is 2.33. The molecule has 1 heterocycles. The van der Waals surface area contributed by atoms with Crippen molar-refractivity contribution in [3.05, 3.63) is 35.4 Å². The van der Waals surface area contributed by atoms with E-state index in [4.69, 9.17) is 0 Å². The van der Waals surface area contributed by atoms with E-state index in [1.807, 2.05) is 0 Å². The Bertz CT molecular complexity index is 487. The Morgan fingerprint density at radius 1 is 1.30 bits per heavy atom. The maximum absolute atomic E-state index is 12.6. The van der Waals surface area contributed by atoms with Crippen molar-refractivity contribution in [1.82, 2.24) is 9.80 Å². The van der Waals surface area contributed by atoms with Crippen molar-refractivity contribution in [2.75, 3.05) is 26.7 Å². The molecule has 1 aromatic carbocycles. The number of hydrogen-bond acceptors (Lipinski definition) is 3. The van der Waals surface area contributed by atoms with Crippen molar-refractivity contribution in [3.8, 4) is 0 Å². The van der Waals surface area contributed by atoms with Gasteiger partial charge in [0.15, 0.2) is 0 Å². The Morgan fingerprint density at radius 2 is 2.04 bits per heavy atom. The first-order valence-electron chi connectivity index (χ1n) is 8.74. The molecule has 0 aromatic heterocycles. The smallest absolute Gasteiger partial charge is 0.223 e. The van der Waals surface area contributed by atoms with Crippen LogP contribution >= 0.6 is 0 Å². The minimum Gasteiger partial charge on any atom is -0.395 e. The van der Waals surface area contributed by atoms with Gasteiger partial charge in [0, 0.05) is 25.6 Å². The van der Waals surface area contributed by atoms with Crippen LogP contribution < -0.4 is 0 Å². The lowest BCUT2D eigenvalue weighted by Crippen LogP contribution is -2.38. The first kappa shape index (κ1) is 18.0. The second kappa shape index (κ2) is 9.04. The minimum absolute atomic E-state index is 0.0148. The highest BCUT2D eigenvalue weighted by Crippen LogP contribution is 2.19. The van der Waals surface area contributed by atoms with Crippen LogP contribution in [0.15, 0.2) is 24.3 Å². The van der Waals surface area contributed by atoms with E-state index < -0.39 is 0 Å². The molecule has 0 saturated carbocycles. The largest absolute Gasteiger partial charge is 0.395 e. The number of aliphatic hydroxyl groups is 1. The molecule has 1 fully saturated rings. The number of piperidine rings is 1. The van der Waals surface area contributed by atoms with Gasteiger partial charge in [-0.05, 0) is 45.3 Å². The summed E-state index contributed by atoms with van der Waals surface area (Å²) in [5, 5.41) is 9.26. The molecule has 1 aromatic rings. The van der Waals surface area contributed by atoms with Crippen LogP contribution in [-0.2, 0) is 11.3 Å². The monoisotopic (exact) mass is 318 g/mol. The Balaban J connectivity index is 1.88. The molecule has 1 saturated heterocycles. The van der Waals surface area contributed by atoms with Gasteiger partial charge < -0.3 is 14.9 Å². The van der Waals surface area contributed by atoms with Gasteiger partial charge in [-0.3, -0.25) is 4.79 Å². The SMILES string of the molecule is Cc1ccc(CN(CCO)C(=O)CC[C@H]2CCCCN2C)cc1. The molecule has 2 rings (SSSR count). The van der Waals surface area contributed by atoms with Crippen molar-refractivity contribution in [1.29, 1.82) is 0 Å². The second-order valence-electron chi connectivity index (χ2n) is 6.69. The zero-order chi connectivity index (χ0) is 16.7. The van der Waals surface area contributed by atoms with E-state index in [0.717, 1.165) is 18.5 Å². The number of carbonyl (C=O) groups is 1. The van der Waals surface area contributed by atoms with Gasteiger partial charge in [-0.25, -0.2) is 0 Å². The van der Waals surface area contributed by atoms with Crippen molar-refractivity contribution in [3.63, 3.8) is 0 Å². The van der Waals surface area contributed by atoms with Gasteiger partial charge in [0.25, 0.3) is 0 Å². The van der Waals surface area contributed by atoms with Gasteiger partial charge in [0.2, 0.25) is 5.91 Å². The van der Waals surface area contributed by atoms with Crippen LogP contribution in [0.3, 0.4) is 0 Å². The average molecular weight is 318 g/mol. The van der Waals surface area contributed by atoms with Gasteiger partial charge in [0.1, 0.15) is 0 Å². The standard InChI is InChI=1S/C19H30N2O2/c1-16-6-8-17(9-7-16)15-21(13-14-22)19(23)11-10-18-5-3-4-12-20(18)2/h6-9,18,22H,3-5,10-15H2,1-2H3/t18-/m1/s1. The molecule has 0 radical (unpaired) electrons. The van der Waals surface area contributed by atoms with Crippen LogP contribution in [0.25, 0.3) is 0 Å². The molecule has 4 heteroatoms. The van der Waals surface area contributed by atoms with Crippen molar-refractivity contribution in [2.24, 2.45) is 0 Å². The van der Waals surface area contributed by atoms with Crippen LogP contribution in [0.5, 0.6) is 0 Å². The molecule has 1 atom stereocenters. The summed E-state index contributed by atoms with van der Waals surface area (Å²) in [6.45, 7) is 4.21. The zero-order valence-electron chi connectivity index (χ0n) is 14.5. The highest BCUT2D eigenvalue weighted by Gasteiger charge is 2.21. The molecule has 1 amide bonds. The third-order valence-corrected chi connectivity index (χ3v) is 4.83. The lowest BCUT2D eigenvalue weighted by Gasteiger charge is -2.33. The van der Waals surface area contributed by atoms with E-state index in [1.165, 1.54) is 24.8 Å². The fourth-order valence-electron chi connectivity index (χ4n) is 3.28. The van der Waals surface area contributed by atoms with E-state index >= 15 is 0 Å². The Morgan fingerprint density at radius 3 is 2.70 bits per heavy atom. The van der Waals surface area contributed by atoms with Gasteiger partial charge in [-0.2, -0.15) is 0 Å². The van der Waals surface area contributed by atoms with Gasteiger partial charge in [-0.1, -0.05) is 36.2 Å². The molecule has 1 N–H and O–H groups in total. The fraction of sp³-hybridized carbons (Fsp3) is 0.632. The lowest BCUT2D eigenvalue weighted by molar-refractivity contribution is -0.132. The topological polar surface area (TPSA) is 43.8 Å². The number of aryl methyl sites for hydroxylation is 1. The Labute approximate surface area is 140 Å². The normalized spacial score (nSPS) is 18.8. The molecule has 0 unspecified atom stereocenters. The number of likely N-dealkylation sites (tertiary alicyclic amines) is 1. The summed E-state index contributed by atoms with van der Waals surface area (Å²) in [7, 11) is 2.16. The summed E-state index contributed by atoms with van der Waals surface area (Å²) >= 11 is 0. The minimum atomic E-state index is 0.0148. The molecule has 0 aliphatic carbocycles. The molecular formula is C19H30N2O2. The highest BCUT2D eigenvalue weighted by molar-refractivity contribution is 5.76. The predicted molar refractivity (Wildman–Crippen MR) is 93.2 cm³/mol. The second-order valence-corrected chi connectivity index (χ2v) is 6.69. The number of benzene rings is 1. The Hall–Kier alpha value is -1.39. The first-order valence-corrected chi connectivity index (χ1v) is 8.74. The van der Waals surface area contributed by atoms with E-state index in [0.29, 0.717) is 25.6 Å². The van der Waals surface area contributed by atoms with E-state index in [9.17, 15) is 9.90 Å². The third-order valence-electron chi connectivity index (χ3n) is 4.83. The van der Waals surface area contributed by atoms with Gasteiger partial charge in [-0.15, -0.1) is 0 Å². The molecule has 4 nitrogen and oxygen atoms in total. The maximum Gasteiger partial charge on any atom is 0.223 e. The molecule has 23 heavy (non-hydrogen) atoms. The number of hydrogen-bond donors (Lipinski definition) is 1. The average Bonchev–Trinajstić information content (AvgIpc) is 2.55. The number of carbonyl (C=O) groups excluding carboxylic acids is 1. The first-order chi connectivity index (χ1) is 11.1. The molecule has 128 valence electrons. The summed E-state index contributed by atoms with van der Waals surface area (Å²) < 4.78 is 0. The lowest BCUT2D eigenvalue weighted by atomic mass is 9.98. The number of aliphatic hydroxyl groups excluding tert-OH is 1. The van der Waals surface area contributed by atoms with Crippen LogP contribution in [0.1, 0.15) is 43.2 Å². The van der Waals surface area contributed by atoms with Crippen LogP contribution in [0.2, 0.25) is 0 Å². The highest BCUT2D eigenvalue weighted by atomic mass is 16.3. The quantitative estimate of drug-likeness (QED) is 0.840. The molecule has 1 aliphatic heterocycles. The Kier molecular flexibility index (Phi) is 7.06. The van der Waals surface area contributed by atoms with Crippen LogP contribution in [-0.4, -0.2) is 53.6 Å². The van der Waals surface area contributed by atoms with Crippen LogP contribution in [0, 0.1) is 6.92 Å².